The van der Waals surface area contributed by atoms with E-state index in [0.717, 1.165) is 12.0 Å². The van der Waals surface area contributed by atoms with E-state index in [1.807, 2.05) is 20.8 Å². The van der Waals surface area contributed by atoms with Crippen LogP contribution in [0.4, 0.5) is 0 Å². The van der Waals surface area contributed by atoms with Crippen molar-refractivity contribution in [3.05, 3.63) is 28.8 Å². The van der Waals surface area contributed by atoms with Crippen LogP contribution >= 0.6 is 0 Å². The number of carbonyl (C=O) groups excluding carboxylic acids is 2. The Kier molecular flexibility index (Phi) is 4.07. The number of fused-ring (bicyclic) bond motifs is 3. The molecule has 1 aromatic carbocycles. The first-order valence-electron chi connectivity index (χ1n) is 12.6. The lowest BCUT2D eigenvalue weighted by Gasteiger charge is -2.56. The predicted molar refractivity (Wildman–Crippen MR) is 126 cm³/mol. The summed E-state index contributed by atoms with van der Waals surface area (Å²) in [6.07, 6.45) is 3.52. The van der Waals surface area contributed by atoms with E-state index in [-0.39, 0.29) is 40.8 Å². The zero-order chi connectivity index (χ0) is 24.6. The molecule has 1 spiro atoms. The first-order valence-corrected chi connectivity index (χ1v) is 12.6. The lowest BCUT2D eigenvalue weighted by atomic mass is 9.51. The van der Waals surface area contributed by atoms with E-state index in [2.05, 4.69) is 27.7 Å². The second-order valence-electron chi connectivity index (χ2n) is 12.4. The molecule has 0 aromatic heterocycles. The smallest absolute Gasteiger partial charge is 0.200 e. The molecule has 1 saturated heterocycles. The van der Waals surface area contributed by atoms with Crippen LogP contribution in [-0.4, -0.2) is 39.6 Å². The number of aromatic hydroxyl groups is 1. The second kappa shape index (κ2) is 6.26. The molecule has 5 atom stereocenters. The summed E-state index contributed by atoms with van der Waals surface area (Å²) in [5, 5.41) is 10.9. The third kappa shape index (κ3) is 2.27. The lowest BCUT2D eigenvalue weighted by Crippen LogP contribution is -2.72. The van der Waals surface area contributed by atoms with Gasteiger partial charge in [0.1, 0.15) is 28.9 Å². The van der Waals surface area contributed by atoms with Crippen molar-refractivity contribution in [1.29, 1.82) is 0 Å². The van der Waals surface area contributed by atoms with Crippen molar-refractivity contribution in [2.75, 3.05) is 0 Å². The second-order valence-corrected chi connectivity index (χ2v) is 12.4. The number of hydrogen-bond donors (Lipinski definition) is 1. The first-order chi connectivity index (χ1) is 15.8. The maximum Gasteiger partial charge on any atom is 0.200 e. The molecule has 6 aliphatic rings. The molecule has 3 aliphatic heterocycles. The van der Waals surface area contributed by atoms with Gasteiger partial charge < -0.3 is 19.3 Å². The highest BCUT2D eigenvalue weighted by Crippen LogP contribution is 2.69. The van der Waals surface area contributed by atoms with Gasteiger partial charge in [-0.05, 0) is 46.0 Å². The molecule has 3 heterocycles. The third-order valence-corrected chi connectivity index (χ3v) is 9.36. The largest absolute Gasteiger partial charge is 0.507 e. The summed E-state index contributed by atoms with van der Waals surface area (Å²) in [5.41, 5.74) is -2.07. The molecule has 1 N–H and O–H groups in total. The van der Waals surface area contributed by atoms with Crippen molar-refractivity contribution in [2.45, 2.75) is 96.1 Å². The van der Waals surface area contributed by atoms with Crippen LogP contribution < -0.4 is 9.47 Å². The average Bonchev–Trinajstić information content (AvgIpc) is 3.05. The van der Waals surface area contributed by atoms with Gasteiger partial charge in [-0.25, -0.2) is 0 Å². The van der Waals surface area contributed by atoms with Crippen LogP contribution in [0.15, 0.2) is 17.7 Å². The molecule has 34 heavy (non-hydrogen) atoms. The maximum atomic E-state index is 14.1. The topological polar surface area (TPSA) is 82.1 Å². The summed E-state index contributed by atoms with van der Waals surface area (Å²) < 4.78 is 19.9. The molecule has 0 amide bonds. The van der Waals surface area contributed by atoms with E-state index in [1.165, 1.54) is 6.07 Å². The molecule has 4 bridgehead atoms. The van der Waals surface area contributed by atoms with Crippen molar-refractivity contribution in [3.8, 4) is 17.2 Å². The number of allylic oxidation sites excluding steroid dienone is 1. The Labute approximate surface area is 200 Å². The van der Waals surface area contributed by atoms with Crippen molar-refractivity contribution < 1.29 is 28.9 Å². The number of benzene rings is 1. The Morgan fingerprint density at radius 3 is 2.56 bits per heavy atom. The Morgan fingerprint density at radius 2 is 1.88 bits per heavy atom. The number of rotatable bonds is 3. The molecule has 0 radical (unpaired) electrons. The zero-order valence-corrected chi connectivity index (χ0v) is 21.1. The molecule has 6 heteroatoms. The van der Waals surface area contributed by atoms with Gasteiger partial charge in [-0.15, -0.1) is 0 Å². The SMILES string of the molecule is CC(C)CC[C@]12OC(C)(C)[C@@H]3CC(C=C4C(=O)c5c(O)cc6c(c5OC431)C(C)(C)[C@@H](C)O6)C2=O. The molecule has 2 fully saturated rings. The van der Waals surface area contributed by atoms with Gasteiger partial charge in [0.05, 0.1) is 5.60 Å². The third-order valence-electron chi connectivity index (χ3n) is 9.36. The molecule has 1 saturated carbocycles. The standard InChI is InChI=1S/C28H34O6/c1-13(2)8-9-27-24(31)15-10-16-22(30)20-17(29)12-18-21(25(4,5)14(3)32-18)23(20)33-28(16,27)19(11-15)26(6,7)34-27/h10,12-15,19,29H,8-9,11H2,1-7H3/t14-,15?,19+,27-,28?/m1/s1. The monoisotopic (exact) mass is 466 g/mol. The number of ketones is 2. The van der Waals surface area contributed by atoms with Gasteiger partial charge in [0, 0.05) is 34.5 Å². The average molecular weight is 467 g/mol. The van der Waals surface area contributed by atoms with Crippen molar-refractivity contribution in [1.82, 2.24) is 0 Å². The molecule has 3 aliphatic carbocycles. The summed E-state index contributed by atoms with van der Waals surface area (Å²) in [7, 11) is 0. The van der Waals surface area contributed by atoms with Gasteiger partial charge in [0.2, 0.25) is 0 Å². The number of Topliss-reactive ketones (excluding diaryl/α,β-unsaturated/α-hetero) is 2. The van der Waals surface area contributed by atoms with Crippen molar-refractivity contribution >= 4 is 11.6 Å². The van der Waals surface area contributed by atoms with Gasteiger partial charge in [-0.3, -0.25) is 9.59 Å². The van der Waals surface area contributed by atoms with Gasteiger partial charge in [-0.1, -0.05) is 33.8 Å². The van der Waals surface area contributed by atoms with Crippen molar-refractivity contribution in [2.24, 2.45) is 17.8 Å². The van der Waals surface area contributed by atoms with Crippen LogP contribution in [0.25, 0.3) is 0 Å². The van der Waals surface area contributed by atoms with Crippen molar-refractivity contribution in [3.63, 3.8) is 0 Å². The fourth-order valence-corrected chi connectivity index (χ4v) is 7.37. The van der Waals surface area contributed by atoms with Crippen LogP contribution in [0.3, 0.4) is 0 Å². The van der Waals surface area contributed by atoms with Gasteiger partial charge in [0.15, 0.2) is 22.8 Å². The lowest BCUT2D eigenvalue weighted by molar-refractivity contribution is -0.175. The number of carbonyl (C=O) groups is 2. The fraction of sp³-hybridized carbons (Fsp3) is 0.643. The summed E-state index contributed by atoms with van der Waals surface area (Å²) in [6.45, 7) is 14.4. The number of hydrogen-bond acceptors (Lipinski definition) is 6. The fourth-order valence-electron chi connectivity index (χ4n) is 7.37. The number of phenols is 1. The Morgan fingerprint density at radius 1 is 1.18 bits per heavy atom. The molecule has 7 rings (SSSR count). The van der Waals surface area contributed by atoms with E-state index in [0.29, 0.717) is 35.8 Å². The zero-order valence-electron chi connectivity index (χ0n) is 21.1. The maximum absolute atomic E-state index is 14.1. The van der Waals surface area contributed by atoms with Crippen LogP contribution in [-0.2, 0) is 14.9 Å². The van der Waals surface area contributed by atoms with E-state index in [4.69, 9.17) is 14.2 Å². The summed E-state index contributed by atoms with van der Waals surface area (Å²) in [5.74, 6) is 0.352. The molecule has 2 unspecified atom stereocenters. The van der Waals surface area contributed by atoms with E-state index >= 15 is 0 Å². The van der Waals surface area contributed by atoms with E-state index < -0.39 is 22.2 Å². The quantitative estimate of drug-likeness (QED) is 0.683. The molecule has 182 valence electrons. The van der Waals surface area contributed by atoms with Crippen LogP contribution in [0.5, 0.6) is 17.2 Å². The van der Waals surface area contributed by atoms with Crippen LogP contribution in [0.2, 0.25) is 0 Å². The summed E-state index contributed by atoms with van der Waals surface area (Å²) in [6, 6.07) is 1.54. The predicted octanol–water partition coefficient (Wildman–Crippen LogP) is 4.89. The van der Waals surface area contributed by atoms with Crippen LogP contribution in [0.1, 0.15) is 83.7 Å². The Hall–Kier alpha value is -2.34. The molecule has 1 aromatic rings. The minimum Gasteiger partial charge on any atom is -0.507 e. The summed E-state index contributed by atoms with van der Waals surface area (Å²) in [4.78, 5) is 28.1. The molecule has 6 nitrogen and oxygen atoms in total. The molecular weight excluding hydrogens is 432 g/mol. The minimum atomic E-state index is -1.22. The minimum absolute atomic E-state index is 0.0238. The number of phenolic OH excluding ortho intramolecular Hbond substituents is 1. The Bertz CT molecular complexity index is 1190. The van der Waals surface area contributed by atoms with Gasteiger partial charge >= 0.3 is 0 Å². The van der Waals surface area contributed by atoms with Gasteiger partial charge in [-0.2, -0.15) is 0 Å². The van der Waals surface area contributed by atoms with E-state index in [1.54, 1.807) is 6.08 Å². The van der Waals surface area contributed by atoms with Gasteiger partial charge in [0.25, 0.3) is 0 Å². The first kappa shape index (κ1) is 22.1. The summed E-state index contributed by atoms with van der Waals surface area (Å²) >= 11 is 0. The highest BCUT2D eigenvalue weighted by molar-refractivity contribution is 6.18. The molecular formula is C28H34O6. The normalized spacial score (nSPS) is 37.6. The number of ether oxygens (including phenoxy) is 3. The van der Waals surface area contributed by atoms with Crippen LogP contribution in [0, 0.1) is 17.8 Å². The highest BCUT2D eigenvalue weighted by atomic mass is 16.6. The van der Waals surface area contributed by atoms with E-state index in [9.17, 15) is 14.7 Å². The highest BCUT2D eigenvalue weighted by Gasteiger charge is 2.81. The Balaban J connectivity index is 1.65.